The van der Waals surface area contributed by atoms with Gasteiger partial charge in [-0.25, -0.2) is 0 Å². The van der Waals surface area contributed by atoms with Crippen LogP contribution in [-0.2, 0) is 12.4 Å². The van der Waals surface area contributed by atoms with Gasteiger partial charge in [0.15, 0.2) is 0 Å². The highest BCUT2D eigenvalue weighted by Gasteiger charge is 2.37. The van der Waals surface area contributed by atoms with Crippen LogP contribution in [0.25, 0.3) is 0 Å². The first-order valence-electron chi connectivity index (χ1n) is 7.46. The molecular formula is C18H17F6N. The van der Waals surface area contributed by atoms with Crippen molar-refractivity contribution < 1.29 is 26.3 Å². The van der Waals surface area contributed by atoms with Crippen molar-refractivity contribution in [2.24, 2.45) is 0 Å². The van der Waals surface area contributed by atoms with E-state index in [0.29, 0.717) is 5.56 Å². The maximum atomic E-state index is 13.0. The summed E-state index contributed by atoms with van der Waals surface area (Å²) in [4.78, 5) is 1.81. The zero-order chi connectivity index (χ0) is 19.0. The fourth-order valence-electron chi connectivity index (χ4n) is 2.49. The van der Waals surface area contributed by atoms with Gasteiger partial charge in [-0.2, -0.15) is 26.3 Å². The third-order valence-electron chi connectivity index (χ3n) is 4.00. The largest absolute Gasteiger partial charge is 0.416 e. The molecule has 2 aromatic rings. The minimum atomic E-state index is -4.85. The average Bonchev–Trinajstić information content (AvgIpc) is 2.52. The Bertz CT molecular complexity index is 714. The molecule has 0 radical (unpaired) electrons. The Kier molecular flexibility index (Phi) is 5.06. The monoisotopic (exact) mass is 361 g/mol. The van der Waals surface area contributed by atoms with Crippen LogP contribution < -0.4 is 4.90 Å². The molecule has 2 rings (SSSR count). The summed E-state index contributed by atoms with van der Waals surface area (Å²) in [6, 6.07) is 8.67. The maximum Gasteiger partial charge on any atom is 0.416 e. The molecule has 0 saturated heterocycles. The summed E-state index contributed by atoms with van der Waals surface area (Å²) in [5.74, 6) is -0.622. The first-order chi connectivity index (χ1) is 11.4. The summed E-state index contributed by atoms with van der Waals surface area (Å²) in [5, 5.41) is 0. The zero-order valence-electron chi connectivity index (χ0n) is 13.8. The molecule has 7 heteroatoms. The second kappa shape index (κ2) is 6.61. The van der Waals surface area contributed by atoms with Crippen molar-refractivity contribution in [2.75, 3.05) is 19.0 Å². The summed E-state index contributed by atoms with van der Waals surface area (Å²) in [6.45, 7) is 1.59. The molecule has 0 bridgehead atoms. The topological polar surface area (TPSA) is 3.24 Å². The van der Waals surface area contributed by atoms with Gasteiger partial charge >= 0.3 is 12.4 Å². The molecule has 1 nitrogen and oxygen atoms in total. The number of anilines is 1. The lowest BCUT2D eigenvalue weighted by molar-refractivity contribution is -0.143. The summed E-state index contributed by atoms with van der Waals surface area (Å²) in [7, 11) is 3.60. The molecule has 0 spiro atoms. The normalized spacial score (nSPS) is 13.6. The van der Waals surface area contributed by atoms with Crippen LogP contribution >= 0.6 is 0 Å². The van der Waals surface area contributed by atoms with E-state index < -0.39 is 29.4 Å². The highest BCUT2D eigenvalue weighted by molar-refractivity contribution is 5.50. The molecule has 25 heavy (non-hydrogen) atoms. The molecule has 1 unspecified atom stereocenters. The number of alkyl halides is 6. The predicted molar refractivity (Wildman–Crippen MR) is 84.7 cm³/mol. The van der Waals surface area contributed by atoms with E-state index in [1.54, 1.807) is 39.2 Å². The van der Waals surface area contributed by atoms with Crippen molar-refractivity contribution in [2.45, 2.75) is 25.2 Å². The number of rotatable bonds is 3. The SMILES string of the molecule is CC(c1cccc(N(C)C)c1)c1cc(C(F)(F)F)cc(C(F)(F)F)c1. The summed E-state index contributed by atoms with van der Waals surface area (Å²) >= 11 is 0. The smallest absolute Gasteiger partial charge is 0.378 e. The number of benzene rings is 2. The Morgan fingerprint density at radius 3 is 1.72 bits per heavy atom. The molecule has 0 N–H and O–H groups in total. The molecule has 136 valence electrons. The molecule has 0 aliphatic rings. The average molecular weight is 361 g/mol. The number of hydrogen-bond acceptors (Lipinski definition) is 1. The zero-order valence-corrected chi connectivity index (χ0v) is 13.8. The Morgan fingerprint density at radius 2 is 1.28 bits per heavy atom. The van der Waals surface area contributed by atoms with Crippen LogP contribution in [0, 0.1) is 0 Å². The van der Waals surface area contributed by atoms with E-state index in [0.717, 1.165) is 17.8 Å². The lowest BCUT2D eigenvalue weighted by atomic mass is 9.90. The molecule has 0 heterocycles. The first kappa shape index (κ1) is 19.1. The van der Waals surface area contributed by atoms with Gasteiger partial charge in [0, 0.05) is 25.7 Å². The molecule has 0 amide bonds. The standard InChI is InChI=1S/C18H17F6N/c1-11(12-5-4-6-16(9-12)25(2)3)13-7-14(17(19,20)21)10-15(8-13)18(22,23)24/h4-11H,1-3H3. The fourth-order valence-corrected chi connectivity index (χ4v) is 2.49. The molecule has 0 aliphatic heterocycles. The van der Waals surface area contributed by atoms with Crippen LogP contribution in [0.15, 0.2) is 42.5 Å². The molecule has 0 fully saturated rings. The van der Waals surface area contributed by atoms with E-state index in [1.165, 1.54) is 0 Å². The van der Waals surface area contributed by atoms with Crippen LogP contribution in [0.4, 0.5) is 32.0 Å². The van der Waals surface area contributed by atoms with E-state index in [2.05, 4.69) is 0 Å². The van der Waals surface area contributed by atoms with Crippen molar-refractivity contribution in [3.05, 3.63) is 64.7 Å². The van der Waals surface area contributed by atoms with Crippen LogP contribution in [0.5, 0.6) is 0 Å². The van der Waals surface area contributed by atoms with Crippen molar-refractivity contribution in [3.63, 3.8) is 0 Å². The van der Waals surface area contributed by atoms with Crippen LogP contribution in [-0.4, -0.2) is 14.1 Å². The second-order valence-electron chi connectivity index (χ2n) is 6.05. The van der Waals surface area contributed by atoms with Crippen LogP contribution in [0.3, 0.4) is 0 Å². The lowest BCUT2D eigenvalue weighted by Crippen LogP contribution is -2.13. The van der Waals surface area contributed by atoms with Crippen LogP contribution in [0.1, 0.15) is 35.1 Å². The van der Waals surface area contributed by atoms with Gasteiger partial charge in [0.1, 0.15) is 0 Å². The van der Waals surface area contributed by atoms with Gasteiger partial charge in [0.25, 0.3) is 0 Å². The van der Waals surface area contributed by atoms with Gasteiger partial charge < -0.3 is 4.90 Å². The second-order valence-corrected chi connectivity index (χ2v) is 6.05. The van der Waals surface area contributed by atoms with Gasteiger partial charge in [-0.3, -0.25) is 0 Å². The third-order valence-corrected chi connectivity index (χ3v) is 4.00. The minimum Gasteiger partial charge on any atom is -0.378 e. The van der Waals surface area contributed by atoms with E-state index in [1.807, 2.05) is 11.0 Å². The van der Waals surface area contributed by atoms with E-state index in [4.69, 9.17) is 0 Å². The number of nitrogens with zero attached hydrogens (tertiary/aromatic N) is 1. The molecule has 0 aromatic heterocycles. The third kappa shape index (κ3) is 4.46. The van der Waals surface area contributed by atoms with Gasteiger partial charge in [-0.1, -0.05) is 19.1 Å². The molecule has 2 aromatic carbocycles. The molecule has 1 atom stereocenters. The van der Waals surface area contributed by atoms with Gasteiger partial charge in [-0.05, 0) is 41.5 Å². The Hall–Kier alpha value is -2.18. The Morgan fingerprint density at radius 1 is 0.760 bits per heavy atom. The van der Waals surface area contributed by atoms with E-state index in [-0.39, 0.29) is 11.6 Å². The van der Waals surface area contributed by atoms with Crippen LogP contribution in [0.2, 0.25) is 0 Å². The lowest BCUT2D eigenvalue weighted by Gasteiger charge is -2.20. The van der Waals surface area contributed by atoms with E-state index in [9.17, 15) is 26.3 Å². The van der Waals surface area contributed by atoms with Crippen molar-refractivity contribution in [1.29, 1.82) is 0 Å². The summed E-state index contributed by atoms with van der Waals surface area (Å²) in [6.07, 6.45) is -9.69. The fraction of sp³-hybridized carbons (Fsp3) is 0.333. The van der Waals surface area contributed by atoms with Gasteiger partial charge in [0.05, 0.1) is 11.1 Å². The van der Waals surface area contributed by atoms with Crippen molar-refractivity contribution in [3.8, 4) is 0 Å². The quantitative estimate of drug-likeness (QED) is 0.612. The molecule has 0 aliphatic carbocycles. The predicted octanol–water partition coefficient (Wildman–Crippen LogP) is 5.94. The highest BCUT2D eigenvalue weighted by atomic mass is 19.4. The number of halogens is 6. The Labute approximate surface area is 141 Å². The maximum absolute atomic E-state index is 13.0. The molecule has 0 saturated carbocycles. The number of hydrogen-bond donors (Lipinski definition) is 0. The van der Waals surface area contributed by atoms with Gasteiger partial charge in [0.2, 0.25) is 0 Å². The van der Waals surface area contributed by atoms with Crippen molar-refractivity contribution in [1.82, 2.24) is 0 Å². The molecular weight excluding hydrogens is 344 g/mol. The van der Waals surface area contributed by atoms with Gasteiger partial charge in [-0.15, -0.1) is 0 Å². The Balaban J connectivity index is 2.55. The van der Waals surface area contributed by atoms with Crippen molar-refractivity contribution >= 4 is 5.69 Å². The highest BCUT2D eigenvalue weighted by Crippen LogP contribution is 2.39. The van der Waals surface area contributed by atoms with E-state index >= 15 is 0 Å². The summed E-state index contributed by atoms with van der Waals surface area (Å²) in [5.41, 5.74) is -1.18. The first-order valence-corrected chi connectivity index (χ1v) is 7.46. The minimum absolute atomic E-state index is 0.0296. The summed E-state index contributed by atoms with van der Waals surface area (Å²) < 4.78 is 78.0.